The first kappa shape index (κ1) is 20.4. The van der Waals surface area contributed by atoms with E-state index in [2.05, 4.69) is 10.1 Å². The summed E-state index contributed by atoms with van der Waals surface area (Å²) < 4.78 is 45.8. The molecule has 1 fully saturated rings. The van der Waals surface area contributed by atoms with E-state index in [-0.39, 0.29) is 34.5 Å². The largest absolute Gasteiger partial charge is 0.417 e. The summed E-state index contributed by atoms with van der Waals surface area (Å²) in [5.41, 5.74) is 0.610. The van der Waals surface area contributed by atoms with Crippen molar-refractivity contribution in [3.8, 4) is 0 Å². The Labute approximate surface area is 171 Å². The lowest BCUT2D eigenvalue weighted by atomic mass is 9.90. The Morgan fingerprint density at radius 1 is 1.20 bits per heavy atom. The minimum atomic E-state index is -4.52. The summed E-state index contributed by atoms with van der Waals surface area (Å²) >= 11 is 0. The SMILES string of the molecule is Cc1noc2nc(C3CCN(C(=O)[C@@H](C)c4ccccc4)CC3)cc(C(F)(F)F)c12. The third-order valence-electron chi connectivity index (χ3n) is 5.84. The van der Waals surface area contributed by atoms with Crippen LogP contribution in [0, 0.1) is 6.92 Å². The number of piperidine rings is 1. The van der Waals surface area contributed by atoms with Gasteiger partial charge in [-0.25, -0.2) is 4.98 Å². The van der Waals surface area contributed by atoms with Gasteiger partial charge in [0.15, 0.2) is 0 Å². The number of pyridine rings is 1. The lowest BCUT2D eigenvalue weighted by molar-refractivity contribution is -0.136. The molecule has 3 heterocycles. The van der Waals surface area contributed by atoms with Crippen LogP contribution >= 0.6 is 0 Å². The van der Waals surface area contributed by atoms with Gasteiger partial charge in [-0.1, -0.05) is 35.5 Å². The number of carbonyl (C=O) groups excluding carboxylic acids is 1. The smallest absolute Gasteiger partial charge is 0.342 e. The van der Waals surface area contributed by atoms with E-state index in [1.807, 2.05) is 37.3 Å². The summed E-state index contributed by atoms with van der Waals surface area (Å²) in [6.07, 6.45) is -3.42. The highest BCUT2D eigenvalue weighted by Crippen LogP contribution is 2.39. The zero-order valence-electron chi connectivity index (χ0n) is 16.7. The van der Waals surface area contributed by atoms with Crippen LogP contribution in [0.25, 0.3) is 11.1 Å². The van der Waals surface area contributed by atoms with Crippen molar-refractivity contribution in [2.45, 2.75) is 44.7 Å². The van der Waals surface area contributed by atoms with Crippen LogP contribution in [0.5, 0.6) is 0 Å². The molecule has 2 aromatic heterocycles. The quantitative estimate of drug-likeness (QED) is 0.598. The summed E-state index contributed by atoms with van der Waals surface area (Å²) in [5, 5.41) is 3.56. The Kier molecular flexibility index (Phi) is 5.26. The first-order chi connectivity index (χ1) is 14.3. The fraction of sp³-hybridized carbons (Fsp3) is 0.409. The van der Waals surface area contributed by atoms with Gasteiger partial charge in [0, 0.05) is 24.7 Å². The molecule has 1 amide bonds. The van der Waals surface area contributed by atoms with Gasteiger partial charge < -0.3 is 9.42 Å². The van der Waals surface area contributed by atoms with Gasteiger partial charge in [0.05, 0.1) is 22.6 Å². The van der Waals surface area contributed by atoms with Crippen molar-refractivity contribution < 1.29 is 22.5 Å². The predicted octanol–water partition coefficient (Wildman–Crippen LogP) is 5.06. The van der Waals surface area contributed by atoms with Gasteiger partial charge in [-0.2, -0.15) is 13.2 Å². The molecule has 0 aliphatic carbocycles. The molecule has 30 heavy (non-hydrogen) atoms. The maximum Gasteiger partial charge on any atom is 0.417 e. The molecular formula is C22H22F3N3O2. The van der Waals surface area contributed by atoms with E-state index in [4.69, 9.17) is 4.52 Å². The van der Waals surface area contributed by atoms with E-state index in [1.165, 1.54) is 6.92 Å². The van der Waals surface area contributed by atoms with Crippen molar-refractivity contribution in [3.63, 3.8) is 0 Å². The summed E-state index contributed by atoms with van der Waals surface area (Å²) in [5.74, 6) is -0.395. The molecule has 158 valence electrons. The van der Waals surface area contributed by atoms with Crippen LogP contribution in [0.3, 0.4) is 0 Å². The maximum atomic E-state index is 13.6. The summed E-state index contributed by atoms with van der Waals surface area (Å²) in [4.78, 5) is 18.9. The highest BCUT2D eigenvalue weighted by Gasteiger charge is 2.37. The number of halogens is 3. The second-order valence-corrected chi connectivity index (χ2v) is 7.77. The predicted molar refractivity (Wildman–Crippen MR) is 105 cm³/mol. The summed E-state index contributed by atoms with van der Waals surface area (Å²) in [6.45, 7) is 4.32. The number of hydrogen-bond donors (Lipinski definition) is 0. The molecule has 0 saturated carbocycles. The fourth-order valence-corrected chi connectivity index (χ4v) is 4.10. The van der Waals surface area contributed by atoms with Crippen molar-refractivity contribution in [1.29, 1.82) is 0 Å². The average Bonchev–Trinajstić information content (AvgIpc) is 3.13. The number of amides is 1. The maximum absolute atomic E-state index is 13.6. The highest BCUT2D eigenvalue weighted by molar-refractivity contribution is 5.83. The normalized spacial score (nSPS) is 16.8. The number of carbonyl (C=O) groups is 1. The van der Waals surface area contributed by atoms with Crippen LogP contribution in [0.15, 0.2) is 40.9 Å². The summed E-state index contributed by atoms with van der Waals surface area (Å²) in [6, 6.07) is 10.7. The lowest BCUT2D eigenvalue weighted by Crippen LogP contribution is -2.40. The molecule has 1 aromatic carbocycles. The molecule has 1 atom stereocenters. The van der Waals surface area contributed by atoms with E-state index in [0.717, 1.165) is 11.6 Å². The highest BCUT2D eigenvalue weighted by atomic mass is 19.4. The number of likely N-dealkylation sites (tertiary alicyclic amines) is 1. The van der Waals surface area contributed by atoms with Crippen LogP contribution in [0.2, 0.25) is 0 Å². The molecule has 1 aliphatic rings. The van der Waals surface area contributed by atoms with Gasteiger partial charge in [-0.15, -0.1) is 0 Å². The van der Waals surface area contributed by atoms with Crippen LogP contribution < -0.4 is 0 Å². The second kappa shape index (κ2) is 7.74. The molecule has 0 unspecified atom stereocenters. The summed E-state index contributed by atoms with van der Waals surface area (Å²) in [7, 11) is 0. The Morgan fingerprint density at radius 2 is 1.87 bits per heavy atom. The Hall–Kier alpha value is -2.90. The van der Waals surface area contributed by atoms with Crippen molar-refractivity contribution in [3.05, 3.63) is 58.9 Å². The van der Waals surface area contributed by atoms with E-state index in [1.54, 1.807) is 4.90 Å². The van der Waals surface area contributed by atoms with E-state index in [9.17, 15) is 18.0 Å². The van der Waals surface area contributed by atoms with Crippen LogP contribution in [0.1, 0.15) is 54.1 Å². The van der Waals surface area contributed by atoms with Crippen LogP contribution in [-0.2, 0) is 11.0 Å². The molecule has 0 bridgehead atoms. The number of rotatable bonds is 3. The molecule has 1 saturated heterocycles. The molecule has 1 aliphatic heterocycles. The Bertz CT molecular complexity index is 1050. The monoisotopic (exact) mass is 417 g/mol. The first-order valence-corrected chi connectivity index (χ1v) is 9.93. The molecule has 0 N–H and O–H groups in total. The van der Waals surface area contributed by atoms with Crippen LogP contribution in [0.4, 0.5) is 13.2 Å². The molecule has 4 rings (SSSR count). The number of fused-ring (bicyclic) bond motifs is 1. The number of hydrogen-bond acceptors (Lipinski definition) is 4. The van der Waals surface area contributed by atoms with Crippen molar-refractivity contribution in [2.24, 2.45) is 0 Å². The topological polar surface area (TPSA) is 59.2 Å². The standard InChI is InChI=1S/C22H22F3N3O2/c1-13(15-6-4-3-5-7-15)21(29)28-10-8-16(9-11-28)18-12-17(22(23,24)25)19-14(2)27-30-20(19)26-18/h3-7,12-13,16H,8-11H2,1-2H3/t13-/m0/s1. The second-order valence-electron chi connectivity index (χ2n) is 7.77. The van der Waals surface area contributed by atoms with Gasteiger partial charge in [-0.3, -0.25) is 4.79 Å². The van der Waals surface area contributed by atoms with Crippen molar-refractivity contribution >= 4 is 17.0 Å². The first-order valence-electron chi connectivity index (χ1n) is 9.93. The zero-order chi connectivity index (χ0) is 21.5. The molecule has 0 radical (unpaired) electrons. The number of alkyl halides is 3. The fourth-order valence-electron chi connectivity index (χ4n) is 4.10. The molecular weight excluding hydrogens is 395 g/mol. The van der Waals surface area contributed by atoms with Gasteiger partial charge in [0.2, 0.25) is 5.91 Å². The average molecular weight is 417 g/mol. The van der Waals surface area contributed by atoms with Gasteiger partial charge in [0.1, 0.15) is 0 Å². The number of benzene rings is 1. The van der Waals surface area contributed by atoms with Crippen LogP contribution in [-0.4, -0.2) is 34.0 Å². The number of aromatic nitrogens is 2. The minimum absolute atomic E-state index is 0.0323. The molecule has 0 spiro atoms. The molecule has 5 nitrogen and oxygen atoms in total. The van der Waals surface area contributed by atoms with E-state index >= 15 is 0 Å². The van der Waals surface area contributed by atoms with E-state index in [0.29, 0.717) is 31.6 Å². The zero-order valence-corrected chi connectivity index (χ0v) is 16.7. The third kappa shape index (κ3) is 3.78. The molecule has 8 heteroatoms. The molecule has 3 aromatic rings. The van der Waals surface area contributed by atoms with Crippen molar-refractivity contribution in [1.82, 2.24) is 15.0 Å². The van der Waals surface area contributed by atoms with Crippen molar-refractivity contribution in [2.75, 3.05) is 13.1 Å². The lowest BCUT2D eigenvalue weighted by Gasteiger charge is -2.33. The Morgan fingerprint density at radius 3 is 2.50 bits per heavy atom. The number of aryl methyl sites for hydroxylation is 1. The van der Waals surface area contributed by atoms with Gasteiger partial charge in [0.25, 0.3) is 5.71 Å². The third-order valence-corrected chi connectivity index (χ3v) is 5.84. The Balaban J connectivity index is 1.52. The van der Waals surface area contributed by atoms with Gasteiger partial charge in [-0.05, 0) is 38.3 Å². The minimum Gasteiger partial charge on any atom is -0.342 e. The van der Waals surface area contributed by atoms with E-state index < -0.39 is 11.7 Å². The van der Waals surface area contributed by atoms with Gasteiger partial charge >= 0.3 is 6.18 Å². The number of nitrogens with zero attached hydrogens (tertiary/aromatic N) is 3.